The van der Waals surface area contributed by atoms with Crippen LogP contribution in [-0.4, -0.2) is 33.0 Å². The van der Waals surface area contributed by atoms with Crippen molar-refractivity contribution in [3.8, 4) is 0 Å². The van der Waals surface area contributed by atoms with Crippen molar-refractivity contribution in [2.75, 3.05) is 13.1 Å². The average molecular weight is 358 g/mol. The summed E-state index contributed by atoms with van der Waals surface area (Å²) in [6.45, 7) is 6.17. The van der Waals surface area contributed by atoms with Gasteiger partial charge in [0.2, 0.25) is 0 Å². The summed E-state index contributed by atoms with van der Waals surface area (Å²) >= 11 is 1.69. The fourth-order valence-electron chi connectivity index (χ4n) is 2.84. The first kappa shape index (κ1) is 18.3. The van der Waals surface area contributed by atoms with Gasteiger partial charge in [0.25, 0.3) is 0 Å². The highest BCUT2D eigenvalue weighted by molar-refractivity contribution is 7.98. The molecule has 0 aliphatic carbocycles. The molecule has 6 nitrogen and oxygen atoms in total. The Bertz CT molecular complexity index is 616. The summed E-state index contributed by atoms with van der Waals surface area (Å²) in [5.74, 6) is 3.53. The van der Waals surface area contributed by atoms with E-state index in [4.69, 9.17) is 4.52 Å². The maximum atomic E-state index is 5.21. The summed E-state index contributed by atoms with van der Waals surface area (Å²) in [6, 6.07) is 0. The smallest absolute Gasteiger partial charge is 0.191 e. The molecule has 8 heteroatoms. The van der Waals surface area contributed by atoms with Crippen LogP contribution in [-0.2, 0) is 19.2 Å². The number of thioether (sulfide) groups is 1. The lowest BCUT2D eigenvalue weighted by Crippen LogP contribution is -2.29. The Balaban J connectivity index is 0.00000192. The van der Waals surface area contributed by atoms with Crippen molar-refractivity contribution in [3.63, 3.8) is 0 Å². The fourth-order valence-corrected chi connectivity index (χ4v) is 3.92. The first-order valence-corrected chi connectivity index (χ1v) is 8.77. The van der Waals surface area contributed by atoms with Crippen molar-refractivity contribution in [1.29, 1.82) is 0 Å². The molecule has 0 amide bonds. The number of rotatable bonds is 5. The predicted molar refractivity (Wildman–Crippen MR) is 93.1 cm³/mol. The van der Waals surface area contributed by atoms with Crippen LogP contribution in [0.2, 0.25) is 0 Å². The Labute approximate surface area is 147 Å². The van der Waals surface area contributed by atoms with Gasteiger partial charge < -0.3 is 14.4 Å². The molecule has 1 fully saturated rings. The second kappa shape index (κ2) is 8.17. The van der Waals surface area contributed by atoms with E-state index in [1.165, 1.54) is 12.8 Å². The molecule has 3 heterocycles. The molecule has 0 atom stereocenters. The van der Waals surface area contributed by atoms with Gasteiger partial charge in [-0.15, -0.1) is 22.6 Å². The monoisotopic (exact) mass is 357 g/mol. The number of aryl methyl sites for hydroxylation is 2. The summed E-state index contributed by atoms with van der Waals surface area (Å²) in [5.41, 5.74) is 2.12. The zero-order valence-corrected chi connectivity index (χ0v) is 15.5. The third kappa shape index (κ3) is 4.28. The number of nitrogens with zero attached hydrogens (tertiary/aromatic N) is 4. The molecule has 128 valence electrons. The van der Waals surface area contributed by atoms with Gasteiger partial charge >= 0.3 is 0 Å². The van der Waals surface area contributed by atoms with E-state index >= 15 is 0 Å². The van der Waals surface area contributed by atoms with Crippen LogP contribution in [0.4, 0.5) is 0 Å². The van der Waals surface area contributed by atoms with Crippen molar-refractivity contribution in [2.45, 2.75) is 44.0 Å². The van der Waals surface area contributed by atoms with Crippen molar-refractivity contribution in [1.82, 2.24) is 25.2 Å². The van der Waals surface area contributed by atoms with Crippen molar-refractivity contribution >= 4 is 24.2 Å². The molecule has 1 saturated heterocycles. The average Bonchev–Trinajstić information content (AvgIpc) is 3.03. The molecule has 1 N–H and O–H groups in total. The van der Waals surface area contributed by atoms with Crippen LogP contribution in [0.3, 0.4) is 0 Å². The molecule has 0 unspecified atom stereocenters. The Hall–Kier alpha value is -1.05. The lowest BCUT2D eigenvalue weighted by molar-refractivity contribution is 0.363. The van der Waals surface area contributed by atoms with E-state index in [1.807, 2.05) is 13.8 Å². The zero-order valence-electron chi connectivity index (χ0n) is 13.8. The summed E-state index contributed by atoms with van der Waals surface area (Å²) in [5, 5.41) is 17.1. The van der Waals surface area contributed by atoms with Gasteiger partial charge in [-0.05, 0) is 45.7 Å². The number of hydrogen-bond acceptors (Lipinski definition) is 6. The summed E-state index contributed by atoms with van der Waals surface area (Å²) < 4.78 is 7.34. The topological polar surface area (TPSA) is 68.8 Å². The lowest BCUT2D eigenvalue weighted by atomic mass is 9.94. The highest BCUT2D eigenvalue weighted by Crippen LogP contribution is 2.26. The Morgan fingerprint density at radius 3 is 2.65 bits per heavy atom. The van der Waals surface area contributed by atoms with Gasteiger partial charge in [-0.25, -0.2) is 0 Å². The summed E-state index contributed by atoms with van der Waals surface area (Å²) in [4.78, 5) is 0. The van der Waals surface area contributed by atoms with Gasteiger partial charge in [0, 0.05) is 24.8 Å². The van der Waals surface area contributed by atoms with E-state index in [0.717, 1.165) is 59.2 Å². The maximum Gasteiger partial charge on any atom is 0.191 e. The minimum Gasteiger partial charge on any atom is -0.361 e. The van der Waals surface area contributed by atoms with Crippen LogP contribution in [0.25, 0.3) is 0 Å². The molecule has 23 heavy (non-hydrogen) atoms. The quantitative estimate of drug-likeness (QED) is 0.830. The summed E-state index contributed by atoms with van der Waals surface area (Å²) in [6.07, 6.45) is 3.49. The first-order chi connectivity index (χ1) is 10.6. The highest BCUT2D eigenvalue weighted by Gasteiger charge is 2.18. The minimum absolute atomic E-state index is 0. The Morgan fingerprint density at radius 1 is 1.26 bits per heavy atom. The number of piperidine rings is 1. The van der Waals surface area contributed by atoms with Gasteiger partial charge in [0.05, 0.1) is 5.69 Å². The summed E-state index contributed by atoms with van der Waals surface area (Å²) in [7, 11) is 2.06. The minimum atomic E-state index is 0. The van der Waals surface area contributed by atoms with Gasteiger partial charge in [-0.1, -0.05) is 16.9 Å². The molecular weight excluding hydrogens is 334 g/mol. The highest BCUT2D eigenvalue weighted by atomic mass is 35.5. The third-order valence-electron chi connectivity index (χ3n) is 4.38. The fraction of sp³-hybridized carbons (Fsp3) is 0.667. The van der Waals surface area contributed by atoms with Crippen molar-refractivity contribution < 1.29 is 4.52 Å². The van der Waals surface area contributed by atoms with Gasteiger partial charge in [-0.2, -0.15) is 0 Å². The largest absolute Gasteiger partial charge is 0.361 e. The molecule has 3 rings (SSSR count). The molecular formula is C15H24ClN5OS. The molecule has 1 aliphatic rings. The second-order valence-electron chi connectivity index (χ2n) is 5.95. The van der Waals surface area contributed by atoms with Crippen LogP contribution in [0.5, 0.6) is 0 Å². The molecule has 0 aromatic carbocycles. The van der Waals surface area contributed by atoms with Gasteiger partial charge in [-0.3, -0.25) is 0 Å². The normalized spacial score (nSPS) is 15.6. The molecule has 2 aromatic heterocycles. The Morgan fingerprint density at radius 2 is 2.00 bits per heavy atom. The first-order valence-electron chi connectivity index (χ1n) is 7.78. The van der Waals surface area contributed by atoms with Crippen molar-refractivity contribution in [2.24, 2.45) is 13.0 Å². The van der Waals surface area contributed by atoms with Gasteiger partial charge in [0.15, 0.2) is 5.16 Å². The molecule has 0 radical (unpaired) electrons. The molecule has 2 aromatic rings. The van der Waals surface area contributed by atoms with E-state index in [0.29, 0.717) is 0 Å². The maximum absolute atomic E-state index is 5.21. The van der Waals surface area contributed by atoms with Crippen LogP contribution in [0, 0.1) is 19.8 Å². The molecule has 0 saturated carbocycles. The number of nitrogens with one attached hydrogen (secondary N) is 1. The van der Waals surface area contributed by atoms with Crippen molar-refractivity contribution in [3.05, 3.63) is 22.8 Å². The SMILES string of the molecule is Cc1noc(C)c1CSc1nnc(CC2CCNCC2)n1C.Cl. The molecule has 0 spiro atoms. The van der Waals surface area contributed by atoms with Crippen LogP contribution >= 0.6 is 24.2 Å². The lowest BCUT2D eigenvalue weighted by Gasteiger charge is -2.21. The van der Waals surface area contributed by atoms with Crippen LogP contribution in [0.1, 0.15) is 35.7 Å². The number of hydrogen-bond donors (Lipinski definition) is 1. The van der Waals surface area contributed by atoms with E-state index in [1.54, 1.807) is 11.8 Å². The number of halogens is 1. The van der Waals surface area contributed by atoms with Crippen LogP contribution < -0.4 is 5.32 Å². The van der Waals surface area contributed by atoms with Crippen LogP contribution in [0.15, 0.2) is 9.68 Å². The van der Waals surface area contributed by atoms with Gasteiger partial charge in [0.1, 0.15) is 11.6 Å². The van der Waals surface area contributed by atoms with E-state index in [2.05, 4.69) is 32.3 Å². The number of aromatic nitrogens is 4. The molecule has 1 aliphatic heterocycles. The standard InChI is InChI=1S/C15H23N5OS.ClH/c1-10-13(11(2)21-19-10)9-22-15-18-17-14(20(15)3)8-12-4-6-16-7-5-12;/h12,16H,4-9H2,1-3H3;1H. The van der Waals surface area contributed by atoms with E-state index < -0.39 is 0 Å². The van der Waals surface area contributed by atoms with E-state index in [-0.39, 0.29) is 12.4 Å². The zero-order chi connectivity index (χ0) is 15.5. The van der Waals surface area contributed by atoms with E-state index in [9.17, 15) is 0 Å². The molecule has 0 bridgehead atoms. The third-order valence-corrected chi connectivity index (χ3v) is 5.43. The Kier molecular flexibility index (Phi) is 6.50. The second-order valence-corrected chi connectivity index (χ2v) is 6.89. The predicted octanol–water partition coefficient (Wildman–Crippen LogP) is 2.68.